The molecule has 88 valence electrons. The number of thiol groups is 1. The highest BCUT2D eigenvalue weighted by atomic mass is 32.1. The van der Waals surface area contributed by atoms with Gasteiger partial charge in [0, 0.05) is 13.1 Å². The molecule has 1 fully saturated rings. The SMILES string of the molecule is CC(C)C1CCN(C(=O)C(S)C(C)C)C1. The van der Waals surface area contributed by atoms with E-state index < -0.39 is 0 Å². The Morgan fingerprint density at radius 3 is 2.33 bits per heavy atom. The molecule has 0 aromatic heterocycles. The number of hydrogen-bond acceptors (Lipinski definition) is 2. The monoisotopic (exact) mass is 229 g/mol. The zero-order valence-electron chi connectivity index (χ0n) is 10.2. The van der Waals surface area contributed by atoms with Crippen molar-refractivity contribution in [3.63, 3.8) is 0 Å². The average molecular weight is 229 g/mol. The number of likely N-dealkylation sites (tertiary alicyclic amines) is 1. The first-order chi connectivity index (χ1) is 6.93. The summed E-state index contributed by atoms with van der Waals surface area (Å²) in [5, 5.41) is -0.129. The van der Waals surface area contributed by atoms with Gasteiger partial charge in [-0.3, -0.25) is 4.79 Å². The predicted molar refractivity (Wildman–Crippen MR) is 67.1 cm³/mol. The molecular weight excluding hydrogens is 206 g/mol. The van der Waals surface area contributed by atoms with E-state index in [2.05, 4.69) is 26.5 Å². The fourth-order valence-electron chi connectivity index (χ4n) is 2.00. The molecule has 1 rings (SSSR count). The van der Waals surface area contributed by atoms with Gasteiger partial charge in [-0.15, -0.1) is 0 Å². The molecule has 0 saturated carbocycles. The minimum Gasteiger partial charge on any atom is -0.341 e. The fraction of sp³-hybridized carbons (Fsp3) is 0.917. The number of carbonyl (C=O) groups is 1. The molecule has 0 aromatic rings. The summed E-state index contributed by atoms with van der Waals surface area (Å²) >= 11 is 4.39. The highest BCUT2D eigenvalue weighted by molar-refractivity contribution is 7.81. The molecule has 15 heavy (non-hydrogen) atoms. The molecule has 2 atom stereocenters. The molecule has 0 bridgehead atoms. The summed E-state index contributed by atoms with van der Waals surface area (Å²) in [5.41, 5.74) is 0. The molecule has 0 N–H and O–H groups in total. The van der Waals surface area contributed by atoms with E-state index in [1.54, 1.807) is 0 Å². The number of rotatable bonds is 3. The molecule has 0 aliphatic carbocycles. The van der Waals surface area contributed by atoms with Crippen molar-refractivity contribution in [1.29, 1.82) is 0 Å². The Morgan fingerprint density at radius 1 is 1.33 bits per heavy atom. The molecule has 0 radical (unpaired) electrons. The lowest BCUT2D eigenvalue weighted by atomic mass is 9.95. The Kier molecular flexibility index (Phi) is 4.50. The molecule has 2 unspecified atom stereocenters. The van der Waals surface area contributed by atoms with E-state index in [0.29, 0.717) is 17.8 Å². The molecule has 0 spiro atoms. The largest absolute Gasteiger partial charge is 0.341 e. The first-order valence-corrected chi connectivity index (χ1v) is 6.42. The molecule has 3 heteroatoms. The normalized spacial score (nSPS) is 23.9. The third kappa shape index (κ3) is 3.13. The Labute approximate surface area is 98.8 Å². The quantitative estimate of drug-likeness (QED) is 0.737. The Bertz CT molecular complexity index is 228. The van der Waals surface area contributed by atoms with E-state index in [4.69, 9.17) is 0 Å². The summed E-state index contributed by atoms with van der Waals surface area (Å²) in [4.78, 5) is 14.0. The summed E-state index contributed by atoms with van der Waals surface area (Å²) in [7, 11) is 0. The minimum absolute atomic E-state index is 0.129. The van der Waals surface area contributed by atoms with E-state index in [-0.39, 0.29) is 11.2 Å². The first-order valence-electron chi connectivity index (χ1n) is 5.90. The van der Waals surface area contributed by atoms with Gasteiger partial charge in [0.1, 0.15) is 0 Å². The topological polar surface area (TPSA) is 20.3 Å². The zero-order chi connectivity index (χ0) is 11.6. The number of amides is 1. The van der Waals surface area contributed by atoms with Crippen molar-refractivity contribution in [1.82, 2.24) is 4.90 Å². The van der Waals surface area contributed by atoms with Crippen LogP contribution in [0.25, 0.3) is 0 Å². The maximum atomic E-state index is 12.0. The lowest BCUT2D eigenvalue weighted by Gasteiger charge is -2.23. The van der Waals surface area contributed by atoms with Gasteiger partial charge in [-0.2, -0.15) is 12.6 Å². The maximum absolute atomic E-state index is 12.0. The van der Waals surface area contributed by atoms with Gasteiger partial charge >= 0.3 is 0 Å². The van der Waals surface area contributed by atoms with Gasteiger partial charge in [0.05, 0.1) is 5.25 Å². The van der Waals surface area contributed by atoms with Crippen LogP contribution in [0.3, 0.4) is 0 Å². The van der Waals surface area contributed by atoms with Crippen LogP contribution in [0.2, 0.25) is 0 Å². The number of hydrogen-bond donors (Lipinski definition) is 1. The lowest BCUT2D eigenvalue weighted by molar-refractivity contribution is -0.130. The summed E-state index contributed by atoms with van der Waals surface area (Å²) in [6.07, 6.45) is 1.15. The zero-order valence-corrected chi connectivity index (χ0v) is 11.1. The van der Waals surface area contributed by atoms with Crippen LogP contribution in [-0.2, 0) is 4.79 Å². The van der Waals surface area contributed by atoms with E-state index in [0.717, 1.165) is 19.5 Å². The van der Waals surface area contributed by atoms with Crippen LogP contribution < -0.4 is 0 Å². The van der Waals surface area contributed by atoms with Crippen LogP contribution in [0.15, 0.2) is 0 Å². The van der Waals surface area contributed by atoms with E-state index in [9.17, 15) is 4.79 Å². The highest BCUT2D eigenvalue weighted by Crippen LogP contribution is 2.25. The molecule has 1 amide bonds. The second-order valence-electron chi connectivity index (χ2n) is 5.27. The van der Waals surface area contributed by atoms with Crippen LogP contribution in [0.5, 0.6) is 0 Å². The van der Waals surface area contributed by atoms with Crippen LogP contribution in [0.1, 0.15) is 34.1 Å². The maximum Gasteiger partial charge on any atom is 0.235 e. The minimum atomic E-state index is -0.129. The van der Waals surface area contributed by atoms with Gasteiger partial charge < -0.3 is 4.90 Å². The van der Waals surface area contributed by atoms with E-state index >= 15 is 0 Å². The predicted octanol–water partition coefficient (Wildman–Crippen LogP) is 2.45. The molecule has 2 nitrogen and oxygen atoms in total. The number of carbonyl (C=O) groups excluding carboxylic acids is 1. The van der Waals surface area contributed by atoms with Gasteiger partial charge in [-0.1, -0.05) is 27.7 Å². The van der Waals surface area contributed by atoms with E-state index in [1.807, 2.05) is 18.7 Å². The Hall–Kier alpha value is -0.180. The van der Waals surface area contributed by atoms with Crippen LogP contribution in [0.4, 0.5) is 0 Å². The van der Waals surface area contributed by atoms with Crippen molar-refractivity contribution >= 4 is 18.5 Å². The van der Waals surface area contributed by atoms with Crippen LogP contribution in [0, 0.1) is 17.8 Å². The average Bonchev–Trinajstić information content (AvgIpc) is 2.64. The third-order valence-corrected chi connectivity index (χ3v) is 4.18. The molecular formula is C12H23NOS. The van der Waals surface area contributed by atoms with Gasteiger partial charge in [0.15, 0.2) is 0 Å². The summed E-state index contributed by atoms with van der Waals surface area (Å²) < 4.78 is 0. The van der Waals surface area contributed by atoms with E-state index in [1.165, 1.54) is 0 Å². The van der Waals surface area contributed by atoms with Gasteiger partial charge in [-0.05, 0) is 24.2 Å². The Balaban J connectivity index is 2.50. The molecule has 1 heterocycles. The molecule has 1 aliphatic rings. The number of nitrogens with zero attached hydrogens (tertiary/aromatic N) is 1. The summed E-state index contributed by atoms with van der Waals surface area (Å²) in [5.74, 6) is 1.90. The van der Waals surface area contributed by atoms with Crippen molar-refractivity contribution < 1.29 is 4.79 Å². The molecule has 1 aliphatic heterocycles. The lowest BCUT2D eigenvalue weighted by Crippen LogP contribution is -2.37. The van der Waals surface area contributed by atoms with Gasteiger partial charge in [0.2, 0.25) is 5.91 Å². The van der Waals surface area contributed by atoms with Gasteiger partial charge in [-0.25, -0.2) is 0 Å². The summed E-state index contributed by atoms with van der Waals surface area (Å²) in [6.45, 7) is 10.4. The van der Waals surface area contributed by atoms with Crippen molar-refractivity contribution in [3.05, 3.63) is 0 Å². The van der Waals surface area contributed by atoms with Crippen LogP contribution >= 0.6 is 12.6 Å². The summed E-state index contributed by atoms with van der Waals surface area (Å²) in [6, 6.07) is 0. The second-order valence-corrected chi connectivity index (χ2v) is 5.82. The smallest absolute Gasteiger partial charge is 0.235 e. The fourth-order valence-corrected chi connectivity index (χ4v) is 2.17. The first kappa shape index (κ1) is 12.9. The molecule has 1 saturated heterocycles. The van der Waals surface area contributed by atoms with Gasteiger partial charge in [0.25, 0.3) is 0 Å². The van der Waals surface area contributed by atoms with Crippen molar-refractivity contribution in [2.45, 2.75) is 39.4 Å². The Morgan fingerprint density at radius 2 is 1.93 bits per heavy atom. The van der Waals surface area contributed by atoms with Crippen molar-refractivity contribution in [2.75, 3.05) is 13.1 Å². The van der Waals surface area contributed by atoms with Crippen molar-refractivity contribution in [2.24, 2.45) is 17.8 Å². The second kappa shape index (κ2) is 5.24. The highest BCUT2D eigenvalue weighted by Gasteiger charge is 2.31. The third-order valence-electron chi connectivity index (χ3n) is 3.36. The standard InChI is InChI=1S/C12H23NOS/c1-8(2)10-5-6-13(7-10)12(14)11(15)9(3)4/h8-11,15H,5-7H2,1-4H3. The molecule has 0 aromatic carbocycles. The van der Waals surface area contributed by atoms with Crippen molar-refractivity contribution in [3.8, 4) is 0 Å². The van der Waals surface area contributed by atoms with Crippen LogP contribution in [-0.4, -0.2) is 29.1 Å².